The number of nitrogens with zero attached hydrogens (tertiary/aromatic N) is 1. The van der Waals surface area contributed by atoms with Crippen LogP contribution in [0.3, 0.4) is 0 Å². The van der Waals surface area contributed by atoms with Gasteiger partial charge in [-0.1, -0.05) is 33.1 Å². The first kappa shape index (κ1) is 15.0. The van der Waals surface area contributed by atoms with Crippen LogP contribution >= 0.6 is 0 Å². The predicted octanol–water partition coefficient (Wildman–Crippen LogP) is 3.13. The molecule has 1 aliphatic carbocycles. The molecule has 1 atom stereocenters. The zero-order valence-electron chi connectivity index (χ0n) is 12.3. The van der Waals surface area contributed by atoms with Gasteiger partial charge in [0.25, 0.3) is 0 Å². The van der Waals surface area contributed by atoms with Crippen molar-refractivity contribution in [2.45, 2.75) is 58.9 Å². The van der Waals surface area contributed by atoms with E-state index in [1.165, 1.54) is 45.2 Å². The van der Waals surface area contributed by atoms with E-state index in [1.54, 1.807) is 0 Å². The van der Waals surface area contributed by atoms with Crippen molar-refractivity contribution < 1.29 is 0 Å². The van der Waals surface area contributed by atoms with Crippen LogP contribution in [0, 0.1) is 11.8 Å². The average Bonchev–Trinajstić information content (AvgIpc) is 2.30. The van der Waals surface area contributed by atoms with Crippen molar-refractivity contribution in [3.05, 3.63) is 0 Å². The van der Waals surface area contributed by atoms with Gasteiger partial charge in [-0.25, -0.2) is 0 Å². The van der Waals surface area contributed by atoms with Gasteiger partial charge in [0.2, 0.25) is 0 Å². The van der Waals surface area contributed by atoms with Gasteiger partial charge in [0.15, 0.2) is 0 Å². The fourth-order valence-electron chi connectivity index (χ4n) is 2.62. The Morgan fingerprint density at radius 2 is 1.76 bits per heavy atom. The molecule has 1 aliphatic rings. The molecule has 0 aromatic heterocycles. The summed E-state index contributed by atoms with van der Waals surface area (Å²) in [5.74, 6) is 1.70. The summed E-state index contributed by atoms with van der Waals surface area (Å²) in [7, 11) is 2.27. The summed E-state index contributed by atoms with van der Waals surface area (Å²) in [5.41, 5.74) is 0. The largest absolute Gasteiger partial charge is 0.313 e. The second-order valence-electron chi connectivity index (χ2n) is 6.25. The molecule has 0 bridgehead atoms. The number of likely N-dealkylation sites (N-methyl/N-ethyl adjacent to an activating group) is 1. The van der Waals surface area contributed by atoms with Gasteiger partial charge in [-0.3, -0.25) is 0 Å². The number of nitrogens with one attached hydrogen (secondary N) is 1. The summed E-state index contributed by atoms with van der Waals surface area (Å²) < 4.78 is 0. The third kappa shape index (κ3) is 6.42. The van der Waals surface area contributed by atoms with Crippen molar-refractivity contribution in [1.82, 2.24) is 10.2 Å². The van der Waals surface area contributed by atoms with Crippen LogP contribution in [-0.2, 0) is 0 Å². The molecule has 1 N–H and O–H groups in total. The molecule has 0 aromatic rings. The van der Waals surface area contributed by atoms with E-state index < -0.39 is 0 Å². The first-order chi connectivity index (χ1) is 8.09. The van der Waals surface area contributed by atoms with Crippen LogP contribution in [0.15, 0.2) is 0 Å². The lowest BCUT2D eigenvalue weighted by Crippen LogP contribution is -2.38. The zero-order chi connectivity index (χ0) is 12.7. The third-order valence-corrected chi connectivity index (χ3v) is 4.25. The van der Waals surface area contributed by atoms with Crippen LogP contribution in [-0.4, -0.2) is 37.6 Å². The second-order valence-corrected chi connectivity index (χ2v) is 6.25. The fourth-order valence-corrected chi connectivity index (χ4v) is 2.62. The standard InChI is InChI=1S/C15H32N2/c1-13(2)14(3)16-10-11-17(4)12-15-8-6-5-7-9-15/h13-16H,5-12H2,1-4H3. The Labute approximate surface area is 108 Å². The molecule has 0 saturated heterocycles. The van der Waals surface area contributed by atoms with Crippen LogP contribution in [0.4, 0.5) is 0 Å². The van der Waals surface area contributed by atoms with Crippen molar-refractivity contribution >= 4 is 0 Å². The van der Waals surface area contributed by atoms with Crippen molar-refractivity contribution in [3.8, 4) is 0 Å². The Balaban J connectivity index is 2.06. The van der Waals surface area contributed by atoms with Crippen LogP contribution in [0.25, 0.3) is 0 Å². The maximum Gasteiger partial charge on any atom is 0.0104 e. The minimum absolute atomic E-state index is 0.637. The maximum atomic E-state index is 3.61. The third-order valence-electron chi connectivity index (χ3n) is 4.25. The molecule has 0 amide bonds. The molecule has 2 nitrogen and oxygen atoms in total. The smallest absolute Gasteiger partial charge is 0.0104 e. The summed E-state index contributed by atoms with van der Waals surface area (Å²) in [6.07, 6.45) is 7.30. The molecule has 0 heterocycles. The molecule has 102 valence electrons. The van der Waals surface area contributed by atoms with Crippen LogP contribution in [0.5, 0.6) is 0 Å². The minimum atomic E-state index is 0.637. The molecule has 0 radical (unpaired) electrons. The molecule has 0 aromatic carbocycles. The van der Waals surface area contributed by atoms with E-state index in [9.17, 15) is 0 Å². The Hall–Kier alpha value is -0.0800. The lowest BCUT2D eigenvalue weighted by molar-refractivity contribution is 0.230. The summed E-state index contributed by atoms with van der Waals surface area (Å²) in [4.78, 5) is 2.51. The molecule has 1 fully saturated rings. The molecule has 1 unspecified atom stereocenters. The molecule has 1 saturated carbocycles. The van der Waals surface area contributed by atoms with E-state index in [2.05, 4.69) is 38.0 Å². The number of rotatable bonds is 7. The SMILES string of the molecule is CC(C)C(C)NCCN(C)CC1CCCCC1. The fraction of sp³-hybridized carbons (Fsp3) is 1.00. The molecular weight excluding hydrogens is 208 g/mol. The quantitative estimate of drug-likeness (QED) is 0.735. The van der Waals surface area contributed by atoms with Gasteiger partial charge in [0.1, 0.15) is 0 Å². The Bertz CT molecular complexity index is 185. The van der Waals surface area contributed by atoms with Gasteiger partial charge in [0.05, 0.1) is 0 Å². The molecular formula is C15H32N2. The summed E-state index contributed by atoms with van der Waals surface area (Å²) in [6, 6.07) is 0.637. The van der Waals surface area contributed by atoms with Crippen molar-refractivity contribution in [1.29, 1.82) is 0 Å². The van der Waals surface area contributed by atoms with Crippen LogP contribution < -0.4 is 5.32 Å². The van der Waals surface area contributed by atoms with Crippen molar-refractivity contribution in [2.75, 3.05) is 26.7 Å². The van der Waals surface area contributed by atoms with Gasteiger partial charge < -0.3 is 10.2 Å². The van der Waals surface area contributed by atoms with E-state index in [0.29, 0.717) is 6.04 Å². The van der Waals surface area contributed by atoms with E-state index in [-0.39, 0.29) is 0 Å². The highest BCUT2D eigenvalue weighted by Crippen LogP contribution is 2.23. The normalized spacial score (nSPS) is 20.1. The van der Waals surface area contributed by atoms with E-state index in [1.807, 2.05) is 0 Å². The first-order valence-electron chi connectivity index (χ1n) is 7.51. The first-order valence-corrected chi connectivity index (χ1v) is 7.51. The highest BCUT2D eigenvalue weighted by molar-refractivity contribution is 4.70. The Morgan fingerprint density at radius 1 is 1.12 bits per heavy atom. The minimum Gasteiger partial charge on any atom is -0.313 e. The monoisotopic (exact) mass is 240 g/mol. The van der Waals surface area contributed by atoms with E-state index in [0.717, 1.165) is 18.4 Å². The highest BCUT2D eigenvalue weighted by atomic mass is 15.1. The van der Waals surface area contributed by atoms with E-state index in [4.69, 9.17) is 0 Å². The molecule has 17 heavy (non-hydrogen) atoms. The van der Waals surface area contributed by atoms with Gasteiger partial charge in [0, 0.05) is 25.7 Å². The lowest BCUT2D eigenvalue weighted by Gasteiger charge is -2.27. The Morgan fingerprint density at radius 3 is 2.35 bits per heavy atom. The van der Waals surface area contributed by atoms with Crippen LogP contribution in [0.1, 0.15) is 52.9 Å². The molecule has 1 rings (SSSR count). The maximum absolute atomic E-state index is 3.61. The summed E-state index contributed by atoms with van der Waals surface area (Å²) >= 11 is 0. The zero-order valence-corrected chi connectivity index (χ0v) is 12.3. The van der Waals surface area contributed by atoms with E-state index >= 15 is 0 Å². The second kappa shape index (κ2) is 8.10. The van der Waals surface area contributed by atoms with Gasteiger partial charge in [-0.15, -0.1) is 0 Å². The molecule has 0 spiro atoms. The van der Waals surface area contributed by atoms with Crippen LogP contribution in [0.2, 0.25) is 0 Å². The van der Waals surface area contributed by atoms with Gasteiger partial charge >= 0.3 is 0 Å². The van der Waals surface area contributed by atoms with Gasteiger partial charge in [-0.05, 0) is 38.6 Å². The molecule has 2 heteroatoms. The predicted molar refractivity (Wildman–Crippen MR) is 76.4 cm³/mol. The Kier molecular flexibility index (Phi) is 7.14. The highest BCUT2D eigenvalue weighted by Gasteiger charge is 2.15. The summed E-state index contributed by atoms with van der Waals surface area (Å²) in [6.45, 7) is 10.5. The topological polar surface area (TPSA) is 15.3 Å². The number of hydrogen-bond acceptors (Lipinski definition) is 2. The van der Waals surface area contributed by atoms with Gasteiger partial charge in [-0.2, -0.15) is 0 Å². The van der Waals surface area contributed by atoms with Crippen molar-refractivity contribution in [2.24, 2.45) is 11.8 Å². The average molecular weight is 240 g/mol. The van der Waals surface area contributed by atoms with Crippen molar-refractivity contribution in [3.63, 3.8) is 0 Å². The summed E-state index contributed by atoms with van der Waals surface area (Å²) in [5, 5.41) is 3.61. The lowest BCUT2D eigenvalue weighted by atomic mass is 9.89. The molecule has 0 aliphatic heterocycles. The number of hydrogen-bond donors (Lipinski definition) is 1.